The van der Waals surface area contributed by atoms with Gasteiger partial charge >= 0.3 is 0 Å². The maximum Gasteiger partial charge on any atom is 0.0918 e. The van der Waals surface area contributed by atoms with Crippen molar-refractivity contribution in [1.82, 2.24) is 4.90 Å². The highest BCUT2D eigenvalue weighted by molar-refractivity contribution is 5.76. The Kier molecular flexibility index (Phi) is 4.39. The lowest BCUT2D eigenvalue weighted by atomic mass is 9.87. The molecule has 0 aliphatic heterocycles. The molecule has 82 valence electrons. The van der Waals surface area contributed by atoms with E-state index in [1.54, 1.807) is 0 Å². The van der Waals surface area contributed by atoms with Crippen LogP contribution in [0.25, 0.3) is 0 Å². The number of amidine groups is 1. The van der Waals surface area contributed by atoms with Gasteiger partial charge in [-0.2, -0.15) is 0 Å². The Morgan fingerprint density at radius 1 is 1.36 bits per heavy atom. The minimum atomic E-state index is 0.307. The zero-order valence-electron chi connectivity index (χ0n) is 9.42. The molecule has 1 aliphatic carbocycles. The van der Waals surface area contributed by atoms with Crippen molar-refractivity contribution in [2.45, 2.75) is 45.1 Å². The second-order valence-corrected chi connectivity index (χ2v) is 4.67. The fraction of sp³-hybridized carbons (Fsp3) is 0.909. The molecule has 0 aromatic carbocycles. The molecule has 1 rings (SSSR count). The average Bonchev–Trinajstić information content (AvgIpc) is 2.15. The van der Waals surface area contributed by atoms with E-state index in [0.717, 1.165) is 18.5 Å². The van der Waals surface area contributed by atoms with Crippen LogP contribution in [0.2, 0.25) is 0 Å². The predicted molar refractivity (Wildman–Crippen MR) is 60.6 cm³/mol. The highest BCUT2D eigenvalue weighted by Crippen LogP contribution is 2.26. The Hall–Kier alpha value is -0.570. The van der Waals surface area contributed by atoms with E-state index in [2.05, 4.69) is 18.9 Å². The Morgan fingerprint density at radius 2 is 1.93 bits per heavy atom. The molecule has 0 spiro atoms. The molecule has 0 atom stereocenters. The number of hydrogen-bond donors (Lipinski definition) is 2. The van der Waals surface area contributed by atoms with Crippen molar-refractivity contribution >= 4 is 5.84 Å². The first kappa shape index (κ1) is 11.5. The molecule has 0 aromatic heterocycles. The molecule has 0 amide bonds. The quantitative estimate of drug-likeness (QED) is 0.533. The van der Waals surface area contributed by atoms with Crippen LogP contribution in [0.5, 0.6) is 0 Å². The van der Waals surface area contributed by atoms with Crippen molar-refractivity contribution in [3.05, 3.63) is 0 Å². The van der Waals surface area contributed by atoms with Crippen LogP contribution in [-0.4, -0.2) is 30.4 Å². The van der Waals surface area contributed by atoms with E-state index in [1.165, 1.54) is 25.7 Å². The van der Waals surface area contributed by atoms with Crippen molar-refractivity contribution in [2.24, 2.45) is 11.7 Å². The molecule has 3 N–H and O–H groups in total. The van der Waals surface area contributed by atoms with E-state index in [4.69, 9.17) is 11.1 Å². The van der Waals surface area contributed by atoms with Gasteiger partial charge in [-0.05, 0) is 38.6 Å². The van der Waals surface area contributed by atoms with Crippen molar-refractivity contribution in [1.29, 1.82) is 5.41 Å². The SMILES string of the molecule is CC1CCC(N(C)CCC(=N)N)CC1. The molecule has 3 nitrogen and oxygen atoms in total. The highest BCUT2D eigenvalue weighted by Gasteiger charge is 2.21. The summed E-state index contributed by atoms with van der Waals surface area (Å²) in [5.41, 5.74) is 5.35. The largest absolute Gasteiger partial charge is 0.388 e. The summed E-state index contributed by atoms with van der Waals surface area (Å²) in [6, 6.07) is 0.727. The molecule has 0 aromatic rings. The summed E-state index contributed by atoms with van der Waals surface area (Å²) in [4.78, 5) is 2.37. The monoisotopic (exact) mass is 197 g/mol. The Bertz CT molecular complexity index is 183. The first-order valence-electron chi connectivity index (χ1n) is 5.62. The summed E-state index contributed by atoms with van der Waals surface area (Å²) in [7, 11) is 2.16. The molecule has 3 heteroatoms. The van der Waals surface area contributed by atoms with Crippen LogP contribution in [0.15, 0.2) is 0 Å². The van der Waals surface area contributed by atoms with Gasteiger partial charge in [0.25, 0.3) is 0 Å². The summed E-state index contributed by atoms with van der Waals surface area (Å²) >= 11 is 0. The van der Waals surface area contributed by atoms with E-state index in [9.17, 15) is 0 Å². The maximum absolute atomic E-state index is 7.18. The highest BCUT2D eigenvalue weighted by atomic mass is 15.1. The van der Waals surface area contributed by atoms with Crippen molar-refractivity contribution < 1.29 is 0 Å². The second kappa shape index (κ2) is 5.35. The third-order valence-corrected chi connectivity index (χ3v) is 3.34. The Morgan fingerprint density at radius 3 is 2.43 bits per heavy atom. The van der Waals surface area contributed by atoms with Crippen molar-refractivity contribution in [2.75, 3.05) is 13.6 Å². The number of rotatable bonds is 4. The van der Waals surface area contributed by atoms with Gasteiger partial charge in [-0.15, -0.1) is 0 Å². The zero-order valence-corrected chi connectivity index (χ0v) is 9.42. The first-order chi connectivity index (χ1) is 6.59. The van der Waals surface area contributed by atoms with Gasteiger partial charge in [-0.1, -0.05) is 6.92 Å². The third kappa shape index (κ3) is 3.66. The van der Waals surface area contributed by atoms with Gasteiger partial charge in [0.15, 0.2) is 0 Å². The van der Waals surface area contributed by atoms with E-state index in [1.807, 2.05) is 0 Å². The minimum Gasteiger partial charge on any atom is -0.388 e. The maximum atomic E-state index is 7.18. The normalized spacial score (nSPS) is 27.9. The van der Waals surface area contributed by atoms with Crippen LogP contribution >= 0.6 is 0 Å². The summed E-state index contributed by atoms with van der Waals surface area (Å²) in [5, 5.41) is 7.18. The summed E-state index contributed by atoms with van der Waals surface area (Å²) < 4.78 is 0. The number of nitrogens with zero attached hydrogens (tertiary/aromatic N) is 1. The van der Waals surface area contributed by atoms with Crippen LogP contribution < -0.4 is 5.73 Å². The van der Waals surface area contributed by atoms with Crippen molar-refractivity contribution in [3.63, 3.8) is 0 Å². The van der Waals surface area contributed by atoms with E-state index < -0.39 is 0 Å². The van der Waals surface area contributed by atoms with E-state index >= 15 is 0 Å². The average molecular weight is 197 g/mol. The summed E-state index contributed by atoms with van der Waals surface area (Å²) in [6.45, 7) is 3.28. The third-order valence-electron chi connectivity index (χ3n) is 3.34. The topological polar surface area (TPSA) is 53.1 Å². The van der Waals surface area contributed by atoms with Gasteiger partial charge in [-0.3, -0.25) is 5.41 Å². The lowest BCUT2D eigenvalue weighted by Gasteiger charge is -2.33. The lowest BCUT2D eigenvalue weighted by molar-refractivity contribution is 0.174. The molecule has 0 bridgehead atoms. The van der Waals surface area contributed by atoms with Crippen LogP contribution in [-0.2, 0) is 0 Å². The number of nitrogens with two attached hydrogens (primary N) is 1. The van der Waals surface area contributed by atoms with Gasteiger partial charge in [0.1, 0.15) is 0 Å². The Balaban J connectivity index is 2.23. The van der Waals surface area contributed by atoms with Crippen LogP contribution in [0.1, 0.15) is 39.0 Å². The molecular formula is C11H23N3. The van der Waals surface area contributed by atoms with E-state index in [-0.39, 0.29) is 0 Å². The molecule has 14 heavy (non-hydrogen) atoms. The Labute approximate surface area is 87.2 Å². The molecule has 1 saturated carbocycles. The smallest absolute Gasteiger partial charge is 0.0918 e. The molecular weight excluding hydrogens is 174 g/mol. The summed E-state index contributed by atoms with van der Waals surface area (Å²) in [5.74, 6) is 1.22. The van der Waals surface area contributed by atoms with Gasteiger partial charge in [-0.25, -0.2) is 0 Å². The summed E-state index contributed by atoms with van der Waals surface area (Å²) in [6.07, 6.45) is 6.05. The van der Waals surface area contributed by atoms with Gasteiger partial charge in [0.2, 0.25) is 0 Å². The zero-order chi connectivity index (χ0) is 10.6. The fourth-order valence-corrected chi connectivity index (χ4v) is 2.16. The molecule has 0 saturated heterocycles. The van der Waals surface area contributed by atoms with Gasteiger partial charge in [0.05, 0.1) is 5.84 Å². The van der Waals surface area contributed by atoms with Gasteiger partial charge < -0.3 is 10.6 Å². The lowest BCUT2D eigenvalue weighted by Crippen LogP contribution is -2.36. The minimum absolute atomic E-state index is 0.307. The van der Waals surface area contributed by atoms with Gasteiger partial charge in [0, 0.05) is 19.0 Å². The van der Waals surface area contributed by atoms with Crippen LogP contribution in [0.4, 0.5) is 0 Å². The van der Waals surface area contributed by atoms with Crippen LogP contribution in [0, 0.1) is 11.3 Å². The van der Waals surface area contributed by atoms with Crippen molar-refractivity contribution in [3.8, 4) is 0 Å². The number of hydrogen-bond acceptors (Lipinski definition) is 2. The molecule has 0 radical (unpaired) electrons. The molecule has 0 unspecified atom stereocenters. The number of nitrogens with one attached hydrogen (secondary N) is 1. The van der Waals surface area contributed by atoms with Crippen LogP contribution in [0.3, 0.4) is 0 Å². The standard InChI is InChI=1S/C11H23N3/c1-9-3-5-10(6-4-9)14(2)8-7-11(12)13/h9-10H,3-8H2,1-2H3,(H3,12,13). The molecule has 1 aliphatic rings. The predicted octanol–water partition coefficient (Wildman–Crippen LogP) is 1.82. The first-order valence-corrected chi connectivity index (χ1v) is 5.62. The molecule has 0 heterocycles. The second-order valence-electron chi connectivity index (χ2n) is 4.67. The fourth-order valence-electron chi connectivity index (χ4n) is 2.16. The van der Waals surface area contributed by atoms with E-state index in [0.29, 0.717) is 12.3 Å². The molecule has 1 fully saturated rings.